The van der Waals surface area contributed by atoms with E-state index in [1.165, 1.54) is 7.11 Å². The number of halogens is 1. The first kappa shape index (κ1) is 23.1. The maximum absolute atomic E-state index is 12.9. The van der Waals surface area contributed by atoms with E-state index in [4.69, 9.17) is 31.5 Å². The number of rotatable bonds is 9. The van der Waals surface area contributed by atoms with Gasteiger partial charge in [-0.25, -0.2) is 4.79 Å². The summed E-state index contributed by atoms with van der Waals surface area (Å²) in [5.41, 5.74) is 7.33. The summed E-state index contributed by atoms with van der Waals surface area (Å²) in [5, 5.41) is 0.436. The molecule has 2 rings (SSSR count). The van der Waals surface area contributed by atoms with E-state index < -0.39 is 23.8 Å². The van der Waals surface area contributed by atoms with E-state index in [1.54, 1.807) is 38.1 Å². The molecular weight excluding hydrogens is 396 g/mol. The third kappa shape index (κ3) is 5.44. The Labute approximate surface area is 175 Å². The van der Waals surface area contributed by atoms with Crippen LogP contribution in [0, 0.1) is 5.92 Å². The normalized spacial score (nSPS) is 19.0. The molecule has 0 fully saturated rings. The summed E-state index contributed by atoms with van der Waals surface area (Å²) in [6.45, 7) is 4.66. The summed E-state index contributed by atoms with van der Waals surface area (Å²) in [4.78, 5) is 30.1. The molecule has 0 bridgehead atoms. The molecule has 1 aromatic rings. The highest BCUT2D eigenvalue weighted by atomic mass is 35.5. The predicted octanol–water partition coefficient (Wildman–Crippen LogP) is 2.87. The van der Waals surface area contributed by atoms with E-state index in [2.05, 4.69) is 4.99 Å². The zero-order chi connectivity index (χ0) is 21.4. The maximum atomic E-state index is 12.9. The molecule has 0 amide bonds. The fourth-order valence-electron chi connectivity index (χ4n) is 3.34. The number of nitrogens with two attached hydrogens (primary N) is 1. The summed E-state index contributed by atoms with van der Waals surface area (Å²) in [6.07, 6.45) is 0.684. The van der Waals surface area contributed by atoms with Crippen molar-refractivity contribution in [3.63, 3.8) is 0 Å². The van der Waals surface area contributed by atoms with Gasteiger partial charge in [0.05, 0.1) is 31.6 Å². The van der Waals surface area contributed by atoms with Gasteiger partial charge in [-0.2, -0.15) is 0 Å². The Hall–Kier alpha value is -2.22. The minimum atomic E-state index is -0.799. The molecule has 1 aromatic carbocycles. The van der Waals surface area contributed by atoms with Crippen LogP contribution in [0.15, 0.2) is 40.5 Å². The highest BCUT2D eigenvalue weighted by Gasteiger charge is 2.43. The number of benzene rings is 1. The SMILES string of the molecule is CCOC(=O)C1=C(COCCCN)N=C(C)C(C(=O)OC)C1c1ccccc1Cl. The first-order valence-electron chi connectivity index (χ1n) is 9.51. The van der Waals surface area contributed by atoms with Gasteiger partial charge in [0, 0.05) is 23.3 Å². The van der Waals surface area contributed by atoms with Crippen molar-refractivity contribution in [1.82, 2.24) is 0 Å². The van der Waals surface area contributed by atoms with E-state index in [1.807, 2.05) is 0 Å². The Morgan fingerprint density at radius 3 is 2.62 bits per heavy atom. The number of carbonyl (C=O) groups excluding carboxylic acids is 2. The van der Waals surface area contributed by atoms with Gasteiger partial charge in [0.25, 0.3) is 0 Å². The predicted molar refractivity (Wildman–Crippen MR) is 111 cm³/mol. The molecule has 29 heavy (non-hydrogen) atoms. The molecule has 2 unspecified atom stereocenters. The molecule has 2 N–H and O–H groups in total. The smallest absolute Gasteiger partial charge is 0.336 e. The summed E-state index contributed by atoms with van der Waals surface area (Å²) >= 11 is 6.45. The molecule has 8 heteroatoms. The van der Waals surface area contributed by atoms with Crippen molar-refractivity contribution in [3.05, 3.63) is 46.1 Å². The standard InChI is InChI=1S/C21H27ClN2O5/c1-4-29-21(26)19-16(12-28-11-7-10-23)24-13(2)17(20(25)27-3)18(19)14-8-5-6-9-15(14)22/h5-6,8-9,17-18H,4,7,10-12,23H2,1-3H3. The summed E-state index contributed by atoms with van der Waals surface area (Å²) in [7, 11) is 1.30. The number of carbonyl (C=O) groups is 2. The number of hydrogen-bond donors (Lipinski definition) is 1. The lowest BCUT2D eigenvalue weighted by molar-refractivity contribution is -0.144. The number of hydrogen-bond acceptors (Lipinski definition) is 7. The van der Waals surface area contributed by atoms with E-state index in [0.717, 1.165) is 0 Å². The molecule has 0 saturated carbocycles. The van der Waals surface area contributed by atoms with Crippen LogP contribution in [0.5, 0.6) is 0 Å². The van der Waals surface area contributed by atoms with Crippen LogP contribution in [0.25, 0.3) is 0 Å². The van der Waals surface area contributed by atoms with Crippen LogP contribution in [0.1, 0.15) is 31.7 Å². The third-order valence-electron chi connectivity index (χ3n) is 4.64. The average Bonchev–Trinajstić information content (AvgIpc) is 2.70. The Morgan fingerprint density at radius 1 is 1.28 bits per heavy atom. The molecule has 1 aliphatic heterocycles. The van der Waals surface area contributed by atoms with Crippen LogP contribution in [-0.4, -0.2) is 51.1 Å². The van der Waals surface area contributed by atoms with E-state index in [-0.39, 0.29) is 18.8 Å². The van der Waals surface area contributed by atoms with E-state index >= 15 is 0 Å². The molecule has 158 valence electrons. The summed E-state index contributed by atoms with van der Waals surface area (Å²) in [6, 6.07) is 7.09. The number of methoxy groups -OCH3 is 1. The lowest BCUT2D eigenvalue weighted by Crippen LogP contribution is -2.37. The van der Waals surface area contributed by atoms with Crippen molar-refractivity contribution >= 4 is 29.3 Å². The van der Waals surface area contributed by atoms with Gasteiger partial charge in [-0.3, -0.25) is 9.79 Å². The second kappa shape index (κ2) is 11.1. The fraction of sp³-hybridized carbons (Fsp3) is 0.476. The Kier molecular flexibility index (Phi) is 8.82. The van der Waals surface area contributed by atoms with Crippen LogP contribution < -0.4 is 5.73 Å². The van der Waals surface area contributed by atoms with E-state index in [0.29, 0.717) is 41.6 Å². The van der Waals surface area contributed by atoms with Crippen LogP contribution in [0.4, 0.5) is 0 Å². The largest absolute Gasteiger partial charge is 0.468 e. The molecular formula is C21H27ClN2O5. The zero-order valence-corrected chi connectivity index (χ0v) is 17.7. The summed E-state index contributed by atoms with van der Waals surface area (Å²) < 4.78 is 16.0. The number of esters is 2. The van der Waals surface area contributed by atoms with Gasteiger partial charge in [0.15, 0.2) is 0 Å². The molecule has 1 heterocycles. The lowest BCUT2D eigenvalue weighted by atomic mass is 9.75. The first-order chi connectivity index (χ1) is 14.0. The second-order valence-corrected chi connectivity index (χ2v) is 6.94. The van der Waals surface area contributed by atoms with Crippen molar-refractivity contribution in [2.45, 2.75) is 26.2 Å². The minimum Gasteiger partial charge on any atom is -0.468 e. The van der Waals surface area contributed by atoms with Gasteiger partial charge < -0.3 is 19.9 Å². The quantitative estimate of drug-likeness (QED) is 0.485. The Balaban J connectivity index is 2.62. The van der Waals surface area contributed by atoms with Gasteiger partial charge in [-0.1, -0.05) is 29.8 Å². The topological polar surface area (TPSA) is 100 Å². The van der Waals surface area contributed by atoms with Gasteiger partial charge in [-0.05, 0) is 38.4 Å². The second-order valence-electron chi connectivity index (χ2n) is 6.53. The highest BCUT2D eigenvalue weighted by molar-refractivity contribution is 6.31. The van der Waals surface area contributed by atoms with Crippen molar-refractivity contribution in [2.24, 2.45) is 16.6 Å². The van der Waals surface area contributed by atoms with Crippen LogP contribution in [0.3, 0.4) is 0 Å². The zero-order valence-electron chi connectivity index (χ0n) is 16.9. The monoisotopic (exact) mass is 422 g/mol. The first-order valence-corrected chi connectivity index (χ1v) is 9.89. The van der Waals surface area contributed by atoms with Gasteiger partial charge >= 0.3 is 11.9 Å². The average molecular weight is 423 g/mol. The molecule has 7 nitrogen and oxygen atoms in total. The van der Waals surface area contributed by atoms with Crippen molar-refractivity contribution < 1.29 is 23.8 Å². The molecule has 1 aliphatic rings. The fourth-order valence-corrected chi connectivity index (χ4v) is 3.60. The number of aliphatic imine (C=N–C) groups is 1. The van der Waals surface area contributed by atoms with Crippen molar-refractivity contribution in [2.75, 3.05) is 33.5 Å². The van der Waals surface area contributed by atoms with Crippen LogP contribution in [0.2, 0.25) is 5.02 Å². The maximum Gasteiger partial charge on any atom is 0.336 e. The molecule has 0 aromatic heterocycles. The molecule has 0 aliphatic carbocycles. The molecule has 0 saturated heterocycles. The van der Waals surface area contributed by atoms with Crippen molar-refractivity contribution in [1.29, 1.82) is 0 Å². The van der Waals surface area contributed by atoms with Crippen LogP contribution >= 0.6 is 11.6 Å². The number of nitrogens with zero attached hydrogens (tertiary/aromatic N) is 1. The van der Waals surface area contributed by atoms with Gasteiger partial charge in [0.1, 0.15) is 5.92 Å². The Bertz CT molecular complexity index is 806. The third-order valence-corrected chi connectivity index (χ3v) is 4.98. The Morgan fingerprint density at radius 2 is 2.00 bits per heavy atom. The molecule has 0 spiro atoms. The van der Waals surface area contributed by atoms with Gasteiger partial charge in [0.2, 0.25) is 0 Å². The van der Waals surface area contributed by atoms with Crippen LogP contribution in [-0.2, 0) is 23.8 Å². The number of ether oxygens (including phenoxy) is 3. The highest BCUT2D eigenvalue weighted by Crippen LogP contribution is 2.42. The lowest BCUT2D eigenvalue weighted by Gasteiger charge is -2.32. The minimum absolute atomic E-state index is 0.0976. The molecule has 2 atom stereocenters. The summed E-state index contributed by atoms with van der Waals surface area (Å²) in [5.74, 6) is -2.55. The van der Waals surface area contributed by atoms with Crippen molar-refractivity contribution in [3.8, 4) is 0 Å². The molecule has 0 radical (unpaired) electrons. The van der Waals surface area contributed by atoms with E-state index in [9.17, 15) is 9.59 Å². The van der Waals surface area contributed by atoms with Gasteiger partial charge in [-0.15, -0.1) is 0 Å².